The van der Waals surface area contributed by atoms with Crippen molar-refractivity contribution < 1.29 is 0 Å². The van der Waals surface area contributed by atoms with E-state index < -0.39 is 0 Å². The molecule has 0 aliphatic carbocycles. The fourth-order valence-corrected chi connectivity index (χ4v) is 3.40. The first-order valence-corrected chi connectivity index (χ1v) is 7.46. The molecule has 1 fully saturated rings. The minimum atomic E-state index is 0.534. The van der Waals surface area contributed by atoms with Gasteiger partial charge in [-0.15, -0.1) is 0 Å². The van der Waals surface area contributed by atoms with Crippen molar-refractivity contribution in [2.45, 2.75) is 39.7 Å². The van der Waals surface area contributed by atoms with Gasteiger partial charge in [0.15, 0.2) is 0 Å². The van der Waals surface area contributed by atoms with Crippen LogP contribution in [0.1, 0.15) is 41.1 Å². The summed E-state index contributed by atoms with van der Waals surface area (Å²) in [5.74, 6) is 0.726. The van der Waals surface area contributed by atoms with Crippen LogP contribution in [0.15, 0.2) is 12.1 Å². The van der Waals surface area contributed by atoms with E-state index in [9.17, 15) is 0 Å². The fraction of sp³-hybridized carbons (Fsp3) is 0.647. The zero-order valence-corrected chi connectivity index (χ0v) is 13.1. The summed E-state index contributed by atoms with van der Waals surface area (Å²) in [7, 11) is 4.43. The number of hydrogen-bond donors (Lipinski definition) is 1. The van der Waals surface area contributed by atoms with Crippen molar-refractivity contribution >= 4 is 0 Å². The van der Waals surface area contributed by atoms with Gasteiger partial charge in [-0.1, -0.05) is 12.1 Å². The molecule has 0 aromatic heterocycles. The molecule has 19 heavy (non-hydrogen) atoms. The number of nitrogens with one attached hydrogen (secondary N) is 1. The smallest absolute Gasteiger partial charge is 0.0385 e. The maximum atomic E-state index is 3.56. The van der Waals surface area contributed by atoms with Crippen molar-refractivity contribution in [1.29, 1.82) is 0 Å². The molecule has 2 atom stereocenters. The molecule has 2 rings (SSSR count). The van der Waals surface area contributed by atoms with Gasteiger partial charge in [-0.2, -0.15) is 0 Å². The standard InChI is InChI=1S/C17H28N2/c1-12-8-9-16(14(3)13(12)2)17(19(4)5)15-7-6-10-18-11-15/h8-9,15,17-18H,6-7,10-11H2,1-5H3. The molecule has 0 saturated carbocycles. The van der Waals surface area contributed by atoms with E-state index in [1.807, 2.05) is 0 Å². The number of benzene rings is 1. The maximum Gasteiger partial charge on any atom is 0.0385 e. The van der Waals surface area contributed by atoms with Crippen LogP contribution < -0.4 is 5.32 Å². The van der Waals surface area contributed by atoms with Gasteiger partial charge in [0.05, 0.1) is 0 Å². The monoisotopic (exact) mass is 260 g/mol. The summed E-state index contributed by atoms with van der Waals surface area (Å²) in [6, 6.07) is 5.16. The Morgan fingerprint density at radius 1 is 1.16 bits per heavy atom. The molecule has 2 nitrogen and oxygen atoms in total. The van der Waals surface area contributed by atoms with Crippen molar-refractivity contribution in [3.63, 3.8) is 0 Å². The van der Waals surface area contributed by atoms with Crippen LogP contribution in [-0.2, 0) is 0 Å². The van der Waals surface area contributed by atoms with Gasteiger partial charge in [0.25, 0.3) is 0 Å². The highest BCUT2D eigenvalue weighted by Crippen LogP contribution is 2.34. The van der Waals surface area contributed by atoms with E-state index in [4.69, 9.17) is 0 Å². The van der Waals surface area contributed by atoms with E-state index in [1.54, 1.807) is 0 Å². The van der Waals surface area contributed by atoms with Gasteiger partial charge in [-0.3, -0.25) is 0 Å². The number of rotatable bonds is 3. The van der Waals surface area contributed by atoms with Crippen LogP contribution in [0, 0.1) is 26.7 Å². The van der Waals surface area contributed by atoms with Gasteiger partial charge in [0.2, 0.25) is 0 Å². The third-order valence-electron chi connectivity index (χ3n) is 4.76. The largest absolute Gasteiger partial charge is 0.316 e. The molecule has 2 unspecified atom stereocenters. The summed E-state index contributed by atoms with van der Waals surface area (Å²) in [6.45, 7) is 9.07. The summed E-state index contributed by atoms with van der Waals surface area (Å²) in [6.07, 6.45) is 2.64. The zero-order valence-electron chi connectivity index (χ0n) is 13.1. The van der Waals surface area contributed by atoms with Crippen molar-refractivity contribution in [2.24, 2.45) is 5.92 Å². The Hall–Kier alpha value is -0.860. The first-order chi connectivity index (χ1) is 9.02. The highest BCUT2D eigenvalue weighted by atomic mass is 15.1. The van der Waals surface area contributed by atoms with Crippen LogP contribution in [-0.4, -0.2) is 32.1 Å². The van der Waals surface area contributed by atoms with Crippen molar-refractivity contribution in [3.05, 3.63) is 34.4 Å². The summed E-state index contributed by atoms with van der Waals surface area (Å²) >= 11 is 0. The molecular formula is C17H28N2. The van der Waals surface area contributed by atoms with Crippen molar-refractivity contribution in [1.82, 2.24) is 10.2 Å². The van der Waals surface area contributed by atoms with E-state index >= 15 is 0 Å². The van der Waals surface area contributed by atoms with E-state index in [1.165, 1.54) is 41.6 Å². The Morgan fingerprint density at radius 2 is 1.89 bits per heavy atom. The number of aryl methyl sites for hydroxylation is 1. The van der Waals surface area contributed by atoms with E-state index in [0.717, 1.165) is 12.5 Å². The molecule has 0 amide bonds. The Kier molecular flexibility index (Phi) is 4.64. The lowest BCUT2D eigenvalue weighted by Crippen LogP contribution is -2.38. The van der Waals surface area contributed by atoms with E-state index in [2.05, 4.69) is 57.2 Å². The van der Waals surface area contributed by atoms with Gasteiger partial charge < -0.3 is 10.2 Å². The van der Waals surface area contributed by atoms with E-state index in [-0.39, 0.29) is 0 Å². The van der Waals surface area contributed by atoms with Gasteiger partial charge in [0, 0.05) is 6.04 Å². The normalized spacial score (nSPS) is 21.7. The third-order valence-corrected chi connectivity index (χ3v) is 4.76. The van der Waals surface area contributed by atoms with Gasteiger partial charge in [0.1, 0.15) is 0 Å². The summed E-state index contributed by atoms with van der Waals surface area (Å²) in [5, 5.41) is 3.56. The predicted octanol–water partition coefficient (Wildman–Crippen LogP) is 3.21. The molecule has 1 N–H and O–H groups in total. The van der Waals surface area contributed by atoms with Crippen LogP contribution in [0.4, 0.5) is 0 Å². The van der Waals surface area contributed by atoms with Crippen molar-refractivity contribution in [2.75, 3.05) is 27.2 Å². The Bertz CT molecular complexity index is 431. The van der Waals surface area contributed by atoms with E-state index in [0.29, 0.717) is 6.04 Å². The second-order valence-electron chi connectivity index (χ2n) is 6.24. The molecular weight excluding hydrogens is 232 g/mol. The Balaban J connectivity index is 2.36. The topological polar surface area (TPSA) is 15.3 Å². The summed E-state index contributed by atoms with van der Waals surface area (Å²) in [5.41, 5.74) is 5.85. The SMILES string of the molecule is Cc1ccc(C(C2CCCNC2)N(C)C)c(C)c1C. The molecule has 0 spiro atoms. The first kappa shape index (κ1) is 14.5. The molecule has 1 aromatic rings. The molecule has 1 aliphatic heterocycles. The second kappa shape index (κ2) is 6.06. The second-order valence-corrected chi connectivity index (χ2v) is 6.24. The highest BCUT2D eigenvalue weighted by Gasteiger charge is 2.28. The number of nitrogens with zero attached hydrogens (tertiary/aromatic N) is 1. The number of hydrogen-bond acceptors (Lipinski definition) is 2. The Morgan fingerprint density at radius 3 is 2.47 bits per heavy atom. The molecule has 1 heterocycles. The lowest BCUT2D eigenvalue weighted by atomic mass is 9.83. The Labute approximate surface area is 118 Å². The fourth-order valence-electron chi connectivity index (χ4n) is 3.40. The van der Waals surface area contributed by atoms with Crippen LogP contribution in [0.25, 0.3) is 0 Å². The minimum Gasteiger partial charge on any atom is -0.316 e. The van der Waals surface area contributed by atoms with Crippen LogP contribution in [0.3, 0.4) is 0 Å². The molecule has 0 bridgehead atoms. The van der Waals surface area contributed by atoms with Crippen LogP contribution >= 0.6 is 0 Å². The first-order valence-electron chi connectivity index (χ1n) is 7.46. The van der Waals surface area contributed by atoms with Gasteiger partial charge in [-0.25, -0.2) is 0 Å². The lowest BCUT2D eigenvalue weighted by molar-refractivity contribution is 0.180. The molecule has 1 aliphatic rings. The van der Waals surface area contributed by atoms with Gasteiger partial charge in [-0.05, 0) is 89.0 Å². The minimum absolute atomic E-state index is 0.534. The molecule has 1 saturated heterocycles. The number of piperidine rings is 1. The quantitative estimate of drug-likeness (QED) is 0.897. The molecule has 1 aromatic carbocycles. The molecule has 106 valence electrons. The highest BCUT2D eigenvalue weighted by molar-refractivity contribution is 5.40. The van der Waals surface area contributed by atoms with Crippen LogP contribution in [0.5, 0.6) is 0 Å². The average Bonchev–Trinajstić information content (AvgIpc) is 2.40. The molecule has 0 radical (unpaired) electrons. The average molecular weight is 260 g/mol. The predicted molar refractivity (Wildman–Crippen MR) is 82.7 cm³/mol. The lowest BCUT2D eigenvalue weighted by Gasteiger charge is -2.36. The van der Waals surface area contributed by atoms with Crippen molar-refractivity contribution in [3.8, 4) is 0 Å². The van der Waals surface area contributed by atoms with Crippen LogP contribution in [0.2, 0.25) is 0 Å². The molecule has 2 heteroatoms. The maximum absolute atomic E-state index is 3.56. The zero-order chi connectivity index (χ0) is 14.0. The van der Waals surface area contributed by atoms with Gasteiger partial charge >= 0.3 is 0 Å². The third kappa shape index (κ3) is 3.01. The summed E-state index contributed by atoms with van der Waals surface area (Å²) < 4.78 is 0. The summed E-state index contributed by atoms with van der Waals surface area (Å²) in [4.78, 5) is 2.40.